The van der Waals surface area contributed by atoms with Crippen molar-refractivity contribution in [3.8, 4) is 11.4 Å². The number of fused-ring (bicyclic) bond motifs is 1. The first-order chi connectivity index (χ1) is 15.3. The molecule has 7 heteroatoms. The number of rotatable bonds is 6. The van der Waals surface area contributed by atoms with Crippen molar-refractivity contribution in [2.45, 2.75) is 52.6 Å². The number of nitrogens with one attached hydrogen (secondary N) is 2. The summed E-state index contributed by atoms with van der Waals surface area (Å²) < 4.78 is 2.21. The maximum absolute atomic E-state index is 13.4. The molecule has 1 aromatic heterocycles. The Morgan fingerprint density at radius 1 is 1.12 bits per heavy atom. The number of amides is 2. The number of likely N-dealkylation sites (N-methyl/N-ethyl adjacent to an activating group) is 1. The SMILES string of the molecule is CNC(=O)C(NC(=O)c1nc(-c2ccccc2)n2c1CCN(CC1CC1)CC2)C(C)(C)C. The highest BCUT2D eigenvalue weighted by atomic mass is 16.2. The van der Waals surface area contributed by atoms with E-state index in [-0.39, 0.29) is 11.8 Å². The van der Waals surface area contributed by atoms with E-state index in [9.17, 15) is 9.59 Å². The van der Waals surface area contributed by atoms with Crippen molar-refractivity contribution in [1.29, 1.82) is 0 Å². The Morgan fingerprint density at radius 3 is 2.47 bits per heavy atom. The molecule has 2 heterocycles. The summed E-state index contributed by atoms with van der Waals surface area (Å²) >= 11 is 0. The maximum atomic E-state index is 13.4. The molecule has 4 rings (SSSR count). The van der Waals surface area contributed by atoms with Gasteiger partial charge in [0.15, 0.2) is 0 Å². The second-order valence-electron chi connectivity index (χ2n) is 10.1. The van der Waals surface area contributed by atoms with E-state index in [0.717, 1.165) is 55.6 Å². The van der Waals surface area contributed by atoms with Crippen LogP contribution >= 0.6 is 0 Å². The molecule has 2 N–H and O–H groups in total. The van der Waals surface area contributed by atoms with Crippen molar-refractivity contribution in [3.63, 3.8) is 0 Å². The van der Waals surface area contributed by atoms with Gasteiger partial charge in [0.05, 0.1) is 5.69 Å². The number of aromatic nitrogens is 2. The first kappa shape index (κ1) is 22.5. The van der Waals surface area contributed by atoms with Crippen LogP contribution in [-0.4, -0.2) is 59.0 Å². The highest BCUT2D eigenvalue weighted by Crippen LogP contribution is 2.31. The molecule has 0 saturated heterocycles. The van der Waals surface area contributed by atoms with E-state index >= 15 is 0 Å². The van der Waals surface area contributed by atoms with Crippen LogP contribution in [0.25, 0.3) is 11.4 Å². The van der Waals surface area contributed by atoms with Crippen molar-refractivity contribution < 1.29 is 9.59 Å². The van der Waals surface area contributed by atoms with Crippen molar-refractivity contribution in [2.75, 3.05) is 26.7 Å². The van der Waals surface area contributed by atoms with Gasteiger partial charge in [-0.25, -0.2) is 4.98 Å². The highest BCUT2D eigenvalue weighted by molar-refractivity contribution is 5.97. The average Bonchev–Trinajstić information content (AvgIpc) is 3.55. The van der Waals surface area contributed by atoms with Crippen molar-refractivity contribution in [2.24, 2.45) is 11.3 Å². The number of benzene rings is 1. The largest absolute Gasteiger partial charge is 0.357 e. The Balaban J connectivity index is 1.67. The predicted molar refractivity (Wildman–Crippen MR) is 125 cm³/mol. The minimum atomic E-state index is -0.644. The van der Waals surface area contributed by atoms with Crippen LogP contribution < -0.4 is 10.6 Å². The van der Waals surface area contributed by atoms with E-state index in [0.29, 0.717) is 5.69 Å². The third kappa shape index (κ3) is 4.88. The molecule has 0 radical (unpaired) electrons. The molecule has 32 heavy (non-hydrogen) atoms. The Morgan fingerprint density at radius 2 is 1.84 bits per heavy atom. The van der Waals surface area contributed by atoms with Gasteiger partial charge in [0.2, 0.25) is 5.91 Å². The zero-order valence-corrected chi connectivity index (χ0v) is 19.6. The number of hydrogen-bond acceptors (Lipinski definition) is 4. The minimum Gasteiger partial charge on any atom is -0.357 e. The topological polar surface area (TPSA) is 79.3 Å². The monoisotopic (exact) mass is 437 g/mol. The number of imidazole rings is 1. The van der Waals surface area contributed by atoms with Crippen LogP contribution in [-0.2, 0) is 17.8 Å². The molecule has 2 amide bonds. The third-order valence-electron chi connectivity index (χ3n) is 6.49. The van der Waals surface area contributed by atoms with Crippen LogP contribution in [0.4, 0.5) is 0 Å². The number of carbonyl (C=O) groups excluding carboxylic acids is 2. The Kier molecular flexibility index (Phi) is 6.38. The lowest BCUT2D eigenvalue weighted by molar-refractivity contribution is -0.124. The molecule has 1 unspecified atom stereocenters. The summed E-state index contributed by atoms with van der Waals surface area (Å²) in [5.74, 6) is 1.18. The fourth-order valence-corrected chi connectivity index (χ4v) is 4.45. The quantitative estimate of drug-likeness (QED) is 0.728. The van der Waals surface area contributed by atoms with Gasteiger partial charge in [-0.05, 0) is 24.2 Å². The standard InChI is InChI=1S/C25H35N5O2/c1-25(2,3)21(24(32)26-4)28-23(31)20-19-12-13-29(16-17-10-11-17)14-15-30(19)22(27-20)18-8-6-5-7-9-18/h5-9,17,21H,10-16H2,1-4H3,(H,26,32)(H,28,31). The summed E-state index contributed by atoms with van der Waals surface area (Å²) in [7, 11) is 1.60. The van der Waals surface area contributed by atoms with Gasteiger partial charge >= 0.3 is 0 Å². The summed E-state index contributed by atoms with van der Waals surface area (Å²) in [6.45, 7) is 9.69. The van der Waals surface area contributed by atoms with E-state index in [2.05, 4.69) is 20.1 Å². The minimum absolute atomic E-state index is 0.199. The zero-order chi connectivity index (χ0) is 22.9. The van der Waals surface area contributed by atoms with Gasteiger partial charge in [-0.3, -0.25) is 9.59 Å². The van der Waals surface area contributed by atoms with E-state index in [1.54, 1.807) is 7.05 Å². The second-order valence-corrected chi connectivity index (χ2v) is 10.1. The van der Waals surface area contributed by atoms with E-state index in [1.165, 1.54) is 12.8 Å². The van der Waals surface area contributed by atoms with Crippen LogP contribution in [0, 0.1) is 11.3 Å². The third-order valence-corrected chi connectivity index (χ3v) is 6.49. The van der Waals surface area contributed by atoms with Crippen molar-refractivity contribution in [1.82, 2.24) is 25.1 Å². The van der Waals surface area contributed by atoms with Crippen LogP contribution in [0.3, 0.4) is 0 Å². The Hall–Kier alpha value is -2.67. The lowest BCUT2D eigenvalue weighted by atomic mass is 9.86. The van der Waals surface area contributed by atoms with Crippen molar-refractivity contribution >= 4 is 11.8 Å². The Bertz CT molecular complexity index is 972. The lowest BCUT2D eigenvalue weighted by Crippen LogP contribution is -2.53. The molecule has 1 aliphatic heterocycles. The van der Waals surface area contributed by atoms with Gasteiger partial charge in [-0.15, -0.1) is 0 Å². The highest BCUT2D eigenvalue weighted by Gasteiger charge is 2.35. The number of nitrogens with zero attached hydrogens (tertiary/aromatic N) is 3. The summed E-state index contributed by atoms with van der Waals surface area (Å²) in [6.07, 6.45) is 3.44. The smallest absolute Gasteiger partial charge is 0.272 e. The molecule has 0 bridgehead atoms. The van der Waals surface area contributed by atoms with Gasteiger partial charge in [0, 0.05) is 45.2 Å². The molecule has 1 saturated carbocycles. The van der Waals surface area contributed by atoms with Crippen LogP contribution in [0.1, 0.15) is 49.8 Å². The first-order valence-corrected chi connectivity index (χ1v) is 11.7. The van der Waals surface area contributed by atoms with E-state index in [4.69, 9.17) is 4.98 Å². The molecule has 1 aliphatic carbocycles. The second kappa shape index (κ2) is 9.06. The van der Waals surface area contributed by atoms with Crippen LogP contribution in [0.2, 0.25) is 0 Å². The summed E-state index contributed by atoms with van der Waals surface area (Å²) in [4.78, 5) is 33.3. The van der Waals surface area contributed by atoms with Gasteiger partial charge in [-0.2, -0.15) is 0 Å². The zero-order valence-electron chi connectivity index (χ0n) is 19.6. The summed E-state index contributed by atoms with van der Waals surface area (Å²) in [5.41, 5.74) is 1.98. The molecule has 1 fully saturated rings. The van der Waals surface area contributed by atoms with E-state index in [1.807, 2.05) is 51.1 Å². The maximum Gasteiger partial charge on any atom is 0.272 e. The molecule has 7 nitrogen and oxygen atoms in total. The van der Waals surface area contributed by atoms with Crippen LogP contribution in [0.5, 0.6) is 0 Å². The predicted octanol–water partition coefficient (Wildman–Crippen LogP) is 2.71. The molecule has 172 valence electrons. The molecule has 2 aliphatic rings. The lowest BCUT2D eigenvalue weighted by Gasteiger charge is -2.29. The van der Waals surface area contributed by atoms with Gasteiger partial charge in [0.25, 0.3) is 5.91 Å². The summed E-state index contributed by atoms with van der Waals surface area (Å²) in [5, 5.41) is 5.65. The van der Waals surface area contributed by atoms with Gasteiger partial charge in [-0.1, -0.05) is 51.1 Å². The fraction of sp³-hybridized carbons (Fsp3) is 0.560. The van der Waals surface area contributed by atoms with Gasteiger partial charge < -0.3 is 20.1 Å². The molecule has 2 aromatic rings. The normalized spacial score (nSPS) is 17.9. The molecular formula is C25H35N5O2. The molecule has 1 aromatic carbocycles. The molecule has 1 atom stereocenters. The van der Waals surface area contributed by atoms with Gasteiger partial charge in [0.1, 0.15) is 17.6 Å². The number of carbonyl (C=O) groups is 2. The van der Waals surface area contributed by atoms with Crippen LogP contribution in [0.15, 0.2) is 30.3 Å². The molecule has 0 spiro atoms. The first-order valence-electron chi connectivity index (χ1n) is 11.7. The fourth-order valence-electron chi connectivity index (χ4n) is 4.45. The average molecular weight is 438 g/mol. The molecular weight excluding hydrogens is 402 g/mol. The Labute approximate surface area is 190 Å². The van der Waals surface area contributed by atoms with E-state index < -0.39 is 11.5 Å². The van der Waals surface area contributed by atoms with Crippen molar-refractivity contribution in [3.05, 3.63) is 41.7 Å². The number of hydrogen-bond donors (Lipinski definition) is 2. The summed E-state index contributed by atoms with van der Waals surface area (Å²) in [6, 6.07) is 9.40.